The first-order chi connectivity index (χ1) is 11.2. The van der Waals surface area contributed by atoms with E-state index in [1.807, 2.05) is 49.4 Å². The lowest BCUT2D eigenvalue weighted by atomic mass is 10.1. The van der Waals surface area contributed by atoms with Gasteiger partial charge in [0.15, 0.2) is 0 Å². The summed E-state index contributed by atoms with van der Waals surface area (Å²) in [6, 6.07) is 12.8. The Kier molecular flexibility index (Phi) is 4.37. The van der Waals surface area contributed by atoms with Crippen LogP contribution in [-0.2, 0) is 22.6 Å². The molecule has 0 spiro atoms. The van der Waals surface area contributed by atoms with Crippen LogP contribution in [0.3, 0.4) is 0 Å². The van der Waals surface area contributed by atoms with Crippen LogP contribution < -0.4 is 10.2 Å². The number of carbonyl (C=O) groups excluding carboxylic acids is 2. The van der Waals surface area contributed by atoms with Gasteiger partial charge in [0.05, 0.1) is 12.2 Å². The summed E-state index contributed by atoms with van der Waals surface area (Å²) in [6.45, 7) is 2.17. The predicted octanol–water partition coefficient (Wildman–Crippen LogP) is 2.07. The van der Waals surface area contributed by atoms with Gasteiger partial charge in [0, 0.05) is 24.7 Å². The highest BCUT2D eigenvalue weighted by Gasteiger charge is 2.37. The Balaban J connectivity index is 1.76. The van der Waals surface area contributed by atoms with E-state index in [0.717, 1.165) is 16.9 Å². The topological polar surface area (TPSA) is 62.3 Å². The molecule has 23 heavy (non-hydrogen) atoms. The van der Waals surface area contributed by atoms with E-state index >= 15 is 0 Å². The van der Waals surface area contributed by atoms with Crippen molar-refractivity contribution in [1.29, 1.82) is 0 Å². The van der Waals surface area contributed by atoms with Crippen LogP contribution in [-0.4, -0.2) is 22.8 Å². The van der Waals surface area contributed by atoms with Gasteiger partial charge in [-0.3, -0.25) is 19.5 Å². The molecule has 1 aliphatic heterocycles. The van der Waals surface area contributed by atoms with Crippen LogP contribution in [0.15, 0.2) is 48.7 Å². The van der Waals surface area contributed by atoms with Gasteiger partial charge < -0.3 is 5.32 Å². The number of aromatic nitrogens is 1. The Labute approximate surface area is 135 Å². The molecule has 5 heteroatoms. The highest BCUT2D eigenvalue weighted by molar-refractivity contribution is 6.03. The molecule has 5 nitrogen and oxygen atoms in total. The highest BCUT2D eigenvalue weighted by atomic mass is 16.2. The summed E-state index contributed by atoms with van der Waals surface area (Å²) in [4.78, 5) is 30.7. The maximum Gasteiger partial charge on any atom is 0.243 e. The van der Waals surface area contributed by atoms with Crippen LogP contribution in [0.4, 0.5) is 5.69 Å². The summed E-state index contributed by atoms with van der Waals surface area (Å²) in [5.41, 5.74) is 2.68. The van der Waals surface area contributed by atoms with Gasteiger partial charge in [-0.1, -0.05) is 31.2 Å². The minimum atomic E-state index is -0.483. The molecule has 1 atom stereocenters. The van der Waals surface area contributed by atoms with Crippen molar-refractivity contribution in [3.8, 4) is 0 Å². The summed E-state index contributed by atoms with van der Waals surface area (Å²) in [5, 5.41) is 2.89. The first kappa shape index (κ1) is 15.2. The average Bonchev–Trinajstić information content (AvgIpc) is 2.99. The van der Waals surface area contributed by atoms with Gasteiger partial charge in [-0.05, 0) is 23.8 Å². The van der Waals surface area contributed by atoms with E-state index in [-0.39, 0.29) is 11.8 Å². The number of carbonyl (C=O) groups is 2. The Hall–Kier alpha value is -2.69. The van der Waals surface area contributed by atoms with Gasteiger partial charge in [0.1, 0.15) is 6.04 Å². The maximum absolute atomic E-state index is 12.6. The van der Waals surface area contributed by atoms with Crippen molar-refractivity contribution in [2.45, 2.75) is 32.4 Å². The number of pyridine rings is 1. The summed E-state index contributed by atoms with van der Waals surface area (Å²) in [6.07, 6.45) is 2.62. The predicted molar refractivity (Wildman–Crippen MR) is 87.8 cm³/mol. The molecule has 0 radical (unpaired) electrons. The minimum Gasteiger partial charge on any atom is -0.349 e. The van der Waals surface area contributed by atoms with E-state index in [2.05, 4.69) is 10.3 Å². The van der Waals surface area contributed by atoms with E-state index in [0.29, 0.717) is 19.4 Å². The maximum atomic E-state index is 12.6. The number of benzene rings is 1. The lowest BCUT2D eigenvalue weighted by molar-refractivity contribution is -0.126. The molecule has 0 bridgehead atoms. The van der Waals surface area contributed by atoms with Gasteiger partial charge in [-0.15, -0.1) is 0 Å². The van der Waals surface area contributed by atoms with Crippen molar-refractivity contribution in [3.63, 3.8) is 0 Å². The molecule has 2 aromatic rings. The van der Waals surface area contributed by atoms with Crippen molar-refractivity contribution in [1.82, 2.24) is 10.3 Å². The fraction of sp³-hybridized carbons (Fsp3) is 0.278. The zero-order chi connectivity index (χ0) is 16.2. The SMILES string of the molecule is CCC(=O)N1c2ccccc2CC1C(=O)NCc1ccccn1. The van der Waals surface area contributed by atoms with E-state index in [1.54, 1.807) is 11.1 Å². The van der Waals surface area contributed by atoms with Crippen LogP contribution in [0, 0.1) is 0 Å². The van der Waals surface area contributed by atoms with Crippen molar-refractivity contribution in [2.75, 3.05) is 4.90 Å². The van der Waals surface area contributed by atoms with E-state index in [1.165, 1.54) is 0 Å². The number of para-hydroxylation sites is 1. The third-order valence-corrected chi connectivity index (χ3v) is 4.02. The van der Waals surface area contributed by atoms with Gasteiger partial charge in [0.25, 0.3) is 0 Å². The molecular formula is C18H19N3O2. The number of amides is 2. The second kappa shape index (κ2) is 6.60. The zero-order valence-electron chi connectivity index (χ0n) is 13.0. The fourth-order valence-electron chi connectivity index (χ4n) is 2.87. The standard InChI is InChI=1S/C18H19N3O2/c1-2-17(22)21-15-9-4-3-7-13(15)11-16(21)18(23)20-12-14-8-5-6-10-19-14/h3-10,16H,2,11-12H2,1H3,(H,20,23). The Morgan fingerprint density at radius 3 is 2.74 bits per heavy atom. The molecule has 1 unspecified atom stereocenters. The monoisotopic (exact) mass is 309 g/mol. The average molecular weight is 309 g/mol. The molecule has 0 aliphatic carbocycles. The van der Waals surface area contributed by atoms with Crippen molar-refractivity contribution >= 4 is 17.5 Å². The number of rotatable bonds is 4. The molecule has 2 amide bonds. The molecule has 1 aromatic carbocycles. The normalized spacial score (nSPS) is 16.0. The van der Waals surface area contributed by atoms with Crippen LogP contribution in [0.5, 0.6) is 0 Å². The van der Waals surface area contributed by atoms with Crippen molar-refractivity contribution < 1.29 is 9.59 Å². The Bertz CT molecular complexity index is 715. The number of nitrogens with zero attached hydrogens (tertiary/aromatic N) is 2. The summed E-state index contributed by atoms with van der Waals surface area (Å²) in [7, 11) is 0. The quantitative estimate of drug-likeness (QED) is 0.940. The highest BCUT2D eigenvalue weighted by Crippen LogP contribution is 2.32. The molecule has 118 valence electrons. The van der Waals surface area contributed by atoms with Crippen molar-refractivity contribution in [2.24, 2.45) is 0 Å². The summed E-state index contributed by atoms with van der Waals surface area (Å²) in [5.74, 6) is -0.179. The summed E-state index contributed by atoms with van der Waals surface area (Å²) >= 11 is 0. The third kappa shape index (κ3) is 3.08. The molecule has 0 fully saturated rings. The molecule has 3 rings (SSSR count). The van der Waals surface area contributed by atoms with Gasteiger partial charge in [-0.2, -0.15) is 0 Å². The molecular weight excluding hydrogens is 290 g/mol. The third-order valence-electron chi connectivity index (χ3n) is 4.02. The molecule has 1 N–H and O–H groups in total. The largest absolute Gasteiger partial charge is 0.349 e. The van der Waals surface area contributed by atoms with Crippen LogP contribution in [0.1, 0.15) is 24.6 Å². The summed E-state index contributed by atoms with van der Waals surface area (Å²) < 4.78 is 0. The first-order valence-corrected chi connectivity index (χ1v) is 7.78. The van der Waals surface area contributed by atoms with Crippen molar-refractivity contribution in [3.05, 3.63) is 59.9 Å². The van der Waals surface area contributed by atoms with Crippen LogP contribution in [0.25, 0.3) is 0 Å². The molecule has 1 aliphatic rings. The smallest absolute Gasteiger partial charge is 0.243 e. The van der Waals surface area contributed by atoms with E-state index in [9.17, 15) is 9.59 Å². The number of hydrogen-bond acceptors (Lipinski definition) is 3. The van der Waals surface area contributed by atoms with E-state index in [4.69, 9.17) is 0 Å². The molecule has 0 saturated carbocycles. The second-order valence-corrected chi connectivity index (χ2v) is 5.50. The Morgan fingerprint density at radius 2 is 2.00 bits per heavy atom. The minimum absolute atomic E-state index is 0.0343. The fourth-order valence-corrected chi connectivity index (χ4v) is 2.87. The number of fused-ring (bicyclic) bond motifs is 1. The molecule has 1 aromatic heterocycles. The van der Waals surface area contributed by atoms with Crippen LogP contribution >= 0.6 is 0 Å². The van der Waals surface area contributed by atoms with Gasteiger partial charge in [-0.25, -0.2) is 0 Å². The number of hydrogen-bond donors (Lipinski definition) is 1. The number of anilines is 1. The lowest BCUT2D eigenvalue weighted by Gasteiger charge is -2.24. The van der Waals surface area contributed by atoms with E-state index < -0.39 is 6.04 Å². The second-order valence-electron chi connectivity index (χ2n) is 5.50. The lowest BCUT2D eigenvalue weighted by Crippen LogP contribution is -2.47. The van der Waals surface area contributed by atoms with Gasteiger partial charge >= 0.3 is 0 Å². The Morgan fingerprint density at radius 1 is 1.22 bits per heavy atom. The number of nitrogens with one attached hydrogen (secondary N) is 1. The van der Waals surface area contributed by atoms with Gasteiger partial charge in [0.2, 0.25) is 11.8 Å². The first-order valence-electron chi connectivity index (χ1n) is 7.78. The molecule has 0 saturated heterocycles. The molecule has 2 heterocycles. The zero-order valence-corrected chi connectivity index (χ0v) is 13.0. The van der Waals surface area contributed by atoms with Crippen LogP contribution in [0.2, 0.25) is 0 Å².